The summed E-state index contributed by atoms with van der Waals surface area (Å²) in [7, 11) is 6.09. The summed E-state index contributed by atoms with van der Waals surface area (Å²) in [6, 6.07) is 8.63. The molecule has 0 radical (unpaired) electrons. The average molecular weight is 430 g/mol. The number of nitrogens with one attached hydrogen (secondary N) is 1. The van der Waals surface area contributed by atoms with Gasteiger partial charge in [-0.15, -0.1) is 24.0 Å². The first kappa shape index (κ1) is 20.2. The second kappa shape index (κ2) is 8.87. The molecule has 0 amide bonds. The highest BCUT2D eigenvalue weighted by molar-refractivity contribution is 14.0. The van der Waals surface area contributed by atoms with E-state index in [0.717, 1.165) is 32.1 Å². The molecule has 23 heavy (non-hydrogen) atoms. The second-order valence-electron chi connectivity index (χ2n) is 7.24. The lowest BCUT2D eigenvalue weighted by atomic mass is 9.93. The SMILES string of the molecule is CN=C(NCc1ccccc1CN(C)C)N1CCC(C)(C)C1.I. The van der Waals surface area contributed by atoms with Crippen LogP contribution in [0, 0.1) is 5.41 Å². The molecule has 0 spiro atoms. The van der Waals surface area contributed by atoms with Gasteiger partial charge >= 0.3 is 0 Å². The van der Waals surface area contributed by atoms with Gasteiger partial charge in [-0.05, 0) is 37.1 Å². The highest BCUT2D eigenvalue weighted by atomic mass is 127. The van der Waals surface area contributed by atoms with Gasteiger partial charge in [0.15, 0.2) is 5.96 Å². The second-order valence-corrected chi connectivity index (χ2v) is 7.24. The summed E-state index contributed by atoms with van der Waals surface area (Å²) in [5, 5.41) is 3.54. The van der Waals surface area contributed by atoms with Crippen molar-refractivity contribution in [2.45, 2.75) is 33.4 Å². The van der Waals surface area contributed by atoms with E-state index in [1.54, 1.807) is 0 Å². The van der Waals surface area contributed by atoms with E-state index in [1.807, 2.05) is 7.05 Å². The summed E-state index contributed by atoms with van der Waals surface area (Å²) in [6.45, 7) is 8.61. The molecule has 1 aromatic carbocycles. The van der Waals surface area contributed by atoms with Crippen LogP contribution in [0.1, 0.15) is 31.4 Å². The number of rotatable bonds is 4. The maximum Gasteiger partial charge on any atom is 0.193 e. The molecule has 1 aromatic rings. The lowest BCUT2D eigenvalue weighted by molar-refractivity contribution is 0.370. The molecule has 1 heterocycles. The number of hydrogen-bond acceptors (Lipinski definition) is 2. The highest BCUT2D eigenvalue weighted by Crippen LogP contribution is 2.28. The maximum absolute atomic E-state index is 4.46. The minimum atomic E-state index is 0. The molecule has 5 heteroatoms. The fraction of sp³-hybridized carbons (Fsp3) is 0.611. The van der Waals surface area contributed by atoms with E-state index < -0.39 is 0 Å². The van der Waals surface area contributed by atoms with Crippen LogP contribution in [0.25, 0.3) is 0 Å². The van der Waals surface area contributed by atoms with Crippen molar-refractivity contribution in [1.82, 2.24) is 15.1 Å². The van der Waals surface area contributed by atoms with Gasteiger partial charge in [0.05, 0.1) is 0 Å². The Morgan fingerprint density at radius 2 is 1.91 bits per heavy atom. The van der Waals surface area contributed by atoms with Crippen LogP contribution in [0.5, 0.6) is 0 Å². The van der Waals surface area contributed by atoms with Gasteiger partial charge in [-0.25, -0.2) is 0 Å². The third kappa shape index (κ3) is 5.95. The third-order valence-electron chi connectivity index (χ3n) is 4.23. The van der Waals surface area contributed by atoms with Gasteiger partial charge < -0.3 is 15.1 Å². The van der Waals surface area contributed by atoms with Crippen LogP contribution < -0.4 is 5.32 Å². The molecule has 4 nitrogen and oxygen atoms in total. The van der Waals surface area contributed by atoms with E-state index in [4.69, 9.17) is 0 Å². The molecule has 1 fully saturated rings. The Morgan fingerprint density at radius 3 is 2.43 bits per heavy atom. The molecule has 1 N–H and O–H groups in total. The largest absolute Gasteiger partial charge is 0.352 e. The average Bonchev–Trinajstić information content (AvgIpc) is 2.81. The van der Waals surface area contributed by atoms with Crippen LogP contribution in [0.3, 0.4) is 0 Å². The molecule has 0 aromatic heterocycles. The Bertz CT molecular complexity index is 526. The molecule has 1 saturated heterocycles. The Labute approximate surface area is 158 Å². The quantitative estimate of drug-likeness (QED) is 0.452. The molecule has 130 valence electrons. The predicted molar refractivity (Wildman–Crippen MR) is 109 cm³/mol. The van der Waals surface area contributed by atoms with E-state index in [0.29, 0.717) is 5.41 Å². The van der Waals surface area contributed by atoms with Crippen LogP contribution in [0.2, 0.25) is 0 Å². The van der Waals surface area contributed by atoms with Crippen molar-refractivity contribution in [1.29, 1.82) is 0 Å². The van der Waals surface area contributed by atoms with Crippen molar-refractivity contribution < 1.29 is 0 Å². The van der Waals surface area contributed by atoms with Crippen molar-refractivity contribution in [2.24, 2.45) is 10.4 Å². The number of nitrogens with zero attached hydrogens (tertiary/aromatic N) is 3. The number of aliphatic imine (C=N–C) groups is 1. The van der Waals surface area contributed by atoms with Crippen LogP contribution in [-0.4, -0.2) is 50.0 Å². The molecule has 0 aliphatic carbocycles. The van der Waals surface area contributed by atoms with Crippen molar-refractivity contribution in [3.63, 3.8) is 0 Å². The zero-order valence-corrected chi connectivity index (χ0v) is 17.4. The molecular formula is C18H31IN4. The van der Waals surface area contributed by atoms with Gasteiger partial charge in [0.25, 0.3) is 0 Å². The van der Waals surface area contributed by atoms with Gasteiger partial charge in [-0.3, -0.25) is 4.99 Å². The Morgan fingerprint density at radius 1 is 1.26 bits per heavy atom. The first-order valence-electron chi connectivity index (χ1n) is 8.08. The van der Waals surface area contributed by atoms with Crippen molar-refractivity contribution in [2.75, 3.05) is 34.2 Å². The Hall–Kier alpha value is -0.820. The van der Waals surface area contributed by atoms with Gasteiger partial charge in [-0.2, -0.15) is 0 Å². The predicted octanol–water partition coefficient (Wildman–Crippen LogP) is 3.17. The molecule has 0 bridgehead atoms. The number of hydrogen-bond donors (Lipinski definition) is 1. The highest BCUT2D eigenvalue weighted by Gasteiger charge is 2.30. The van der Waals surface area contributed by atoms with Crippen molar-refractivity contribution >= 4 is 29.9 Å². The van der Waals surface area contributed by atoms with Gasteiger partial charge in [0.2, 0.25) is 0 Å². The van der Waals surface area contributed by atoms with Crippen LogP contribution in [-0.2, 0) is 13.1 Å². The van der Waals surface area contributed by atoms with Crippen LogP contribution in [0.4, 0.5) is 0 Å². The Balaban J connectivity index is 0.00000264. The minimum absolute atomic E-state index is 0. The molecular weight excluding hydrogens is 399 g/mol. The topological polar surface area (TPSA) is 30.9 Å². The molecule has 0 saturated carbocycles. The van der Waals surface area contributed by atoms with Crippen LogP contribution in [0.15, 0.2) is 29.3 Å². The number of guanidine groups is 1. The van der Waals surface area contributed by atoms with E-state index in [9.17, 15) is 0 Å². The smallest absolute Gasteiger partial charge is 0.193 e. The summed E-state index contributed by atoms with van der Waals surface area (Å²) < 4.78 is 0. The van der Waals surface area contributed by atoms with E-state index in [-0.39, 0.29) is 24.0 Å². The molecule has 1 aliphatic heterocycles. The van der Waals surface area contributed by atoms with Gasteiger partial charge in [-0.1, -0.05) is 38.1 Å². The van der Waals surface area contributed by atoms with E-state index in [2.05, 4.69) is 72.3 Å². The summed E-state index contributed by atoms with van der Waals surface area (Å²) >= 11 is 0. The fourth-order valence-corrected chi connectivity index (χ4v) is 3.02. The lowest BCUT2D eigenvalue weighted by Crippen LogP contribution is -2.40. The minimum Gasteiger partial charge on any atom is -0.352 e. The molecule has 0 unspecified atom stereocenters. The van der Waals surface area contributed by atoms with Gasteiger partial charge in [0, 0.05) is 33.2 Å². The standard InChI is InChI=1S/C18H30N4.HI/c1-18(2)10-11-22(14-18)17(19-3)20-12-15-8-6-7-9-16(15)13-21(4)5;/h6-9H,10-14H2,1-5H3,(H,19,20);1H. The van der Waals surface area contributed by atoms with Gasteiger partial charge in [0.1, 0.15) is 0 Å². The first-order chi connectivity index (χ1) is 10.4. The number of benzene rings is 1. The van der Waals surface area contributed by atoms with E-state index >= 15 is 0 Å². The molecule has 1 aliphatic rings. The summed E-state index contributed by atoms with van der Waals surface area (Å²) in [6.07, 6.45) is 1.23. The summed E-state index contributed by atoms with van der Waals surface area (Å²) in [5.41, 5.74) is 3.11. The van der Waals surface area contributed by atoms with Crippen molar-refractivity contribution in [3.05, 3.63) is 35.4 Å². The first-order valence-corrected chi connectivity index (χ1v) is 8.08. The molecule has 2 rings (SSSR count). The number of halogens is 1. The zero-order valence-electron chi connectivity index (χ0n) is 15.1. The number of likely N-dealkylation sites (tertiary alicyclic amines) is 1. The fourth-order valence-electron chi connectivity index (χ4n) is 3.02. The Kier molecular flexibility index (Phi) is 7.80. The normalized spacial score (nSPS) is 17.3. The lowest BCUT2D eigenvalue weighted by Gasteiger charge is -2.24. The maximum atomic E-state index is 4.46. The van der Waals surface area contributed by atoms with Crippen molar-refractivity contribution in [3.8, 4) is 0 Å². The zero-order chi connectivity index (χ0) is 16.2. The third-order valence-corrected chi connectivity index (χ3v) is 4.23. The summed E-state index contributed by atoms with van der Waals surface area (Å²) in [4.78, 5) is 9.04. The summed E-state index contributed by atoms with van der Waals surface area (Å²) in [5.74, 6) is 1.02. The van der Waals surface area contributed by atoms with E-state index in [1.165, 1.54) is 17.5 Å². The van der Waals surface area contributed by atoms with Crippen LogP contribution >= 0.6 is 24.0 Å². The molecule has 0 atom stereocenters. The monoisotopic (exact) mass is 430 g/mol.